The lowest BCUT2D eigenvalue weighted by atomic mass is 10.1. The van der Waals surface area contributed by atoms with Gasteiger partial charge in [0.15, 0.2) is 0 Å². The minimum Gasteiger partial charge on any atom is -0.336 e. The summed E-state index contributed by atoms with van der Waals surface area (Å²) in [6, 6.07) is 12.9. The molecule has 0 saturated carbocycles. The van der Waals surface area contributed by atoms with Crippen LogP contribution in [0, 0.1) is 5.92 Å². The zero-order valence-corrected chi connectivity index (χ0v) is 15.5. The fourth-order valence-electron chi connectivity index (χ4n) is 3.74. The van der Waals surface area contributed by atoms with Gasteiger partial charge in [-0.3, -0.25) is 19.4 Å². The molecule has 0 aliphatic carbocycles. The van der Waals surface area contributed by atoms with Crippen molar-refractivity contribution in [2.75, 3.05) is 23.3 Å². The maximum Gasteiger partial charge on any atom is 0.229 e. The van der Waals surface area contributed by atoms with Crippen LogP contribution in [-0.2, 0) is 20.9 Å². The second kappa shape index (κ2) is 7.80. The van der Waals surface area contributed by atoms with E-state index >= 15 is 0 Å². The number of carbonyl (C=O) groups excluding carboxylic acids is 3. The molecule has 144 valence electrons. The van der Waals surface area contributed by atoms with Gasteiger partial charge in [-0.15, -0.1) is 0 Å². The first kappa shape index (κ1) is 18.2. The Kier molecular flexibility index (Phi) is 5.06. The summed E-state index contributed by atoms with van der Waals surface area (Å²) in [6.07, 6.45) is 3.22. The van der Waals surface area contributed by atoms with Crippen LogP contribution in [0.1, 0.15) is 25.0 Å². The monoisotopic (exact) mass is 378 g/mol. The van der Waals surface area contributed by atoms with Crippen molar-refractivity contribution < 1.29 is 14.4 Å². The third-order valence-corrected chi connectivity index (χ3v) is 5.19. The Morgan fingerprint density at radius 2 is 1.93 bits per heavy atom. The molecule has 0 radical (unpaired) electrons. The second-order valence-electron chi connectivity index (χ2n) is 7.15. The molecule has 1 aromatic heterocycles. The average molecular weight is 378 g/mol. The number of amides is 3. The lowest BCUT2D eigenvalue weighted by Gasteiger charge is -2.21. The van der Waals surface area contributed by atoms with E-state index in [1.54, 1.807) is 22.1 Å². The highest BCUT2D eigenvalue weighted by molar-refractivity contribution is 6.03. The Morgan fingerprint density at radius 1 is 1.11 bits per heavy atom. The first-order valence-corrected chi connectivity index (χ1v) is 9.50. The smallest absolute Gasteiger partial charge is 0.229 e. The van der Waals surface area contributed by atoms with Gasteiger partial charge < -0.3 is 15.1 Å². The Hall–Kier alpha value is -3.22. The van der Waals surface area contributed by atoms with Gasteiger partial charge in [-0.25, -0.2) is 0 Å². The number of rotatable bonds is 5. The number of benzene rings is 1. The molecule has 3 heterocycles. The van der Waals surface area contributed by atoms with Crippen LogP contribution >= 0.6 is 0 Å². The zero-order valence-electron chi connectivity index (χ0n) is 15.5. The van der Waals surface area contributed by atoms with Crippen LogP contribution in [0.5, 0.6) is 0 Å². The van der Waals surface area contributed by atoms with Gasteiger partial charge in [-0.1, -0.05) is 18.2 Å². The molecule has 2 aromatic rings. The quantitative estimate of drug-likeness (QED) is 0.865. The van der Waals surface area contributed by atoms with Crippen molar-refractivity contribution in [1.29, 1.82) is 0 Å². The van der Waals surface area contributed by atoms with E-state index in [0.29, 0.717) is 37.4 Å². The van der Waals surface area contributed by atoms with Crippen molar-refractivity contribution in [2.24, 2.45) is 5.92 Å². The number of nitrogens with one attached hydrogen (secondary N) is 1. The summed E-state index contributed by atoms with van der Waals surface area (Å²) in [5, 5.41) is 2.93. The number of likely N-dealkylation sites (tertiary alicyclic amines) is 1. The largest absolute Gasteiger partial charge is 0.336 e. The van der Waals surface area contributed by atoms with E-state index in [0.717, 1.165) is 12.1 Å². The molecule has 0 spiro atoms. The Balaban J connectivity index is 1.43. The van der Waals surface area contributed by atoms with E-state index in [4.69, 9.17) is 0 Å². The maximum atomic E-state index is 12.8. The van der Waals surface area contributed by atoms with E-state index in [-0.39, 0.29) is 24.1 Å². The number of pyridine rings is 1. The van der Waals surface area contributed by atoms with Crippen molar-refractivity contribution in [1.82, 2.24) is 9.88 Å². The fourth-order valence-corrected chi connectivity index (χ4v) is 3.74. The number of aromatic nitrogens is 1. The van der Waals surface area contributed by atoms with Crippen LogP contribution < -0.4 is 10.2 Å². The van der Waals surface area contributed by atoms with Gasteiger partial charge in [0.2, 0.25) is 17.7 Å². The molecule has 28 heavy (non-hydrogen) atoms. The molecule has 2 fully saturated rings. The first-order valence-electron chi connectivity index (χ1n) is 9.50. The van der Waals surface area contributed by atoms with E-state index < -0.39 is 5.92 Å². The number of hydrogen-bond donors (Lipinski definition) is 1. The molecule has 1 N–H and O–H groups in total. The predicted molar refractivity (Wildman–Crippen MR) is 104 cm³/mol. The molecule has 0 bridgehead atoms. The lowest BCUT2D eigenvalue weighted by molar-refractivity contribution is -0.128. The average Bonchev–Trinajstić information content (AvgIpc) is 3.29. The molecule has 2 aliphatic heterocycles. The van der Waals surface area contributed by atoms with Crippen molar-refractivity contribution in [3.05, 3.63) is 54.4 Å². The Labute approximate surface area is 163 Å². The number of nitrogens with zero attached hydrogens (tertiary/aromatic N) is 3. The number of carbonyl (C=O) groups is 3. The number of hydrogen-bond acceptors (Lipinski definition) is 4. The predicted octanol–water partition coefficient (Wildman–Crippen LogP) is 2.20. The first-order chi connectivity index (χ1) is 13.6. The normalized spacial score (nSPS) is 19.4. The summed E-state index contributed by atoms with van der Waals surface area (Å²) in [6.45, 7) is 1.43. The maximum absolute atomic E-state index is 12.8. The number of anilines is 2. The Morgan fingerprint density at radius 3 is 2.68 bits per heavy atom. The summed E-state index contributed by atoms with van der Waals surface area (Å²) in [5.41, 5.74) is 2.13. The Bertz CT molecular complexity index is 900. The van der Waals surface area contributed by atoms with Crippen LogP contribution in [0.4, 0.5) is 11.4 Å². The molecule has 1 unspecified atom stereocenters. The molecular weight excluding hydrogens is 356 g/mol. The van der Waals surface area contributed by atoms with Crippen molar-refractivity contribution in [2.45, 2.75) is 25.8 Å². The van der Waals surface area contributed by atoms with Crippen LogP contribution in [-0.4, -0.2) is 40.7 Å². The van der Waals surface area contributed by atoms with E-state index in [2.05, 4.69) is 10.3 Å². The van der Waals surface area contributed by atoms with Crippen LogP contribution in [0.15, 0.2) is 48.7 Å². The fraction of sp³-hybridized carbons (Fsp3) is 0.333. The molecule has 2 saturated heterocycles. The van der Waals surface area contributed by atoms with Gasteiger partial charge in [0.25, 0.3) is 0 Å². The molecule has 1 atom stereocenters. The van der Waals surface area contributed by atoms with E-state index in [1.165, 1.54) is 0 Å². The van der Waals surface area contributed by atoms with E-state index in [9.17, 15) is 14.4 Å². The van der Waals surface area contributed by atoms with Gasteiger partial charge in [0.1, 0.15) is 0 Å². The topological polar surface area (TPSA) is 82.6 Å². The summed E-state index contributed by atoms with van der Waals surface area (Å²) in [5.74, 6) is -0.595. The minimum absolute atomic E-state index is 0.0474. The molecule has 4 rings (SSSR count). The van der Waals surface area contributed by atoms with Gasteiger partial charge in [0.05, 0.1) is 29.5 Å². The summed E-state index contributed by atoms with van der Waals surface area (Å²) in [4.78, 5) is 44.8. The zero-order chi connectivity index (χ0) is 19.5. The van der Waals surface area contributed by atoms with Gasteiger partial charge in [-0.2, -0.15) is 0 Å². The molecule has 7 nitrogen and oxygen atoms in total. The molecule has 2 aliphatic rings. The molecule has 7 heteroatoms. The second-order valence-corrected chi connectivity index (χ2v) is 7.15. The third kappa shape index (κ3) is 3.74. The van der Waals surface area contributed by atoms with Crippen LogP contribution in [0.3, 0.4) is 0 Å². The highest BCUT2D eigenvalue weighted by Crippen LogP contribution is 2.30. The molecule has 3 amide bonds. The van der Waals surface area contributed by atoms with Crippen molar-refractivity contribution in [3.8, 4) is 0 Å². The van der Waals surface area contributed by atoms with Crippen molar-refractivity contribution >= 4 is 29.1 Å². The van der Waals surface area contributed by atoms with E-state index in [1.807, 2.05) is 36.4 Å². The van der Waals surface area contributed by atoms with Gasteiger partial charge in [-0.05, 0) is 30.7 Å². The van der Waals surface area contributed by atoms with Crippen LogP contribution in [0.25, 0.3) is 0 Å². The molecule has 1 aromatic carbocycles. The summed E-state index contributed by atoms with van der Waals surface area (Å²) < 4.78 is 0. The number of para-hydroxylation sites is 2. The summed E-state index contributed by atoms with van der Waals surface area (Å²) >= 11 is 0. The minimum atomic E-state index is -0.418. The molecular formula is C21H22N4O3. The SMILES string of the molecule is O=C(Nc1ccccc1N1CCCC1=O)C1CC(=O)N(Cc2ccccn2)C1. The van der Waals surface area contributed by atoms with Crippen LogP contribution in [0.2, 0.25) is 0 Å². The highest BCUT2D eigenvalue weighted by atomic mass is 16.2. The van der Waals surface area contributed by atoms with Crippen molar-refractivity contribution in [3.63, 3.8) is 0 Å². The lowest BCUT2D eigenvalue weighted by Crippen LogP contribution is -2.29. The summed E-state index contributed by atoms with van der Waals surface area (Å²) in [7, 11) is 0. The third-order valence-electron chi connectivity index (χ3n) is 5.19. The van der Waals surface area contributed by atoms with Gasteiger partial charge >= 0.3 is 0 Å². The van der Waals surface area contributed by atoms with Gasteiger partial charge in [0, 0.05) is 32.1 Å². The standard InChI is InChI=1S/C21H22N4O3/c26-19-9-5-11-25(19)18-8-2-1-7-17(18)23-21(28)15-12-20(27)24(13-15)14-16-6-3-4-10-22-16/h1-4,6-8,10,15H,5,9,11-14H2,(H,23,28). The highest BCUT2D eigenvalue weighted by Gasteiger charge is 2.35.